The number of morpholine rings is 1. The molecule has 1 aliphatic rings. The summed E-state index contributed by atoms with van der Waals surface area (Å²) >= 11 is 0. The van der Waals surface area contributed by atoms with Crippen LogP contribution < -0.4 is 10.6 Å². The first kappa shape index (κ1) is 12.9. The third-order valence-electron chi connectivity index (χ3n) is 2.54. The average Bonchev–Trinajstić information content (AvgIpc) is 2.29. The van der Waals surface area contributed by atoms with Gasteiger partial charge in [-0.15, -0.1) is 0 Å². The van der Waals surface area contributed by atoms with E-state index in [1.807, 2.05) is 0 Å². The predicted octanol–water partition coefficient (Wildman–Crippen LogP) is -0.798. The van der Waals surface area contributed by atoms with Gasteiger partial charge in [0.1, 0.15) is 6.04 Å². The largest absolute Gasteiger partial charge is 0.481 e. The van der Waals surface area contributed by atoms with Crippen LogP contribution in [0.15, 0.2) is 0 Å². The molecule has 0 aromatic carbocycles. The van der Waals surface area contributed by atoms with Crippen LogP contribution in [0.5, 0.6) is 0 Å². The van der Waals surface area contributed by atoms with Crippen LogP contribution in [-0.4, -0.2) is 49.3 Å². The number of amides is 1. The van der Waals surface area contributed by atoms with E-state index in [9.17, 15) is 9.59 Å². The monoisotopic (exact) mass is 230 g/mol. The highest BCUT2D eigenvalue weighted by molar-refractivity contribution is 5.82. The van der Waals surface area contributed by atoms with Crippen LogP contribution in [0.2, 0.25) is 0 Å². The van der Waals surface area contributed by atoms with Crippen LogP contribution in [0.3, 0.4) is 0 Å². The number of rotatable bonds is 5. The zero-order chi connectivity index (χ0) is 12.0. The molecule has 2 atom stereocenters. The van der Waals surface area contributed by atoms with E-state index in [4.69, 9.17) is 9.84 Å². The van der Waals surface area contributed by atoms with Gasteiger partial charge in [0.15, 0.2) is 0 Å². The van der Waals surface area contributed by atoms with E-state index in [-0.39, 0.29) is 11.9 Å². The van der Waals surface area contributed by atoms with E-state index >= 15 is 0 Å². The molecule has 3 N–H and O–H groups in total. The lowest BCUT2D eigenvalue weighted by molar-refractivity contribution is -0.141. The third kappa shape index (κ3) is 4.16. The van der Waals surface area contributed by atoms with Crippen LogP contribution in [0, 0.1) is 5.92 Å². The van der Waals surface area contributed by atoms with Gasteiger partial charge in [0, 0.05) is 13.1 Å². The number of hydrogen-bond acceptors (Lipinski definition) is 4. The Morgan fingerprint density at radius 3 is 2.94 bits per heavy atom. The second-order valence-electron chi connectivity index (χ2n) is 3.90. The molecule has 1 rings (SSSR count). The average molecular weight is 230 g/mol. The van der Waals surface area contributed by atoms with Crippen LogP contribution in [0.1, 0.15) is 13.3 Å². The molecule has 6 nitrogen and oxygen atoms in total. The van der Waals surface area contributed by atoms with Crippen molar-refractivity contribution in [3.63, 3.8) is 0 Å². The standard InChI is InChI=1S/C10H18N2O4/c1-7(10(14)15)2-3-12-9(13)8-6-16-5-4-11-8/h7-8,11H,2-6H2,1H3,(H,12,13)(H,14,15). The summed E-state index contributed by atoms with van der Waals surface area (Å²) in [6.07, 6.45) is 0.439. The molecule has 1 amide bonds. The molecule has 16 heavy (non-hydrogen) atoms. The van der Waals surface area contributed by atoms with Gasteiger partial charge in [-0.25, -0.2) is 0 Å². The summed E-state index contributed by atoms with van der Waals surface area (Å²) < 4.78 is 5.15. The maximum Gasteiger partial charge on any atom is 0.306 e. The van der Waals surface area contributed by atoms with E-state index < -0.39 is 11.9 Å². The second-order valence-corrected chi connectivity index (χ2v) is 3.90. The van der Waals surface area contributed by atoms with Gasteiger partial charge < -0.3 is 20.5 Å². The number of carbonyl (C=O) groups is 2. The maximum absolute atomic E-state index is 11.5. The van der Waals surface area contributed by atoms with Gasteiger partial charge in [-0.05, 0) is 6.42 Å². The molecule has 0 bridgehead atoms. The van der Waals surface area contributed by atoms with Gasteiger partial charge in [-0.2, -0.15) is 0 Å². The van der Waals surface area contributed by atoms with Crippen molar-refractivity contribution in [3.8, 4) is 0 Å². The number of carboxylic acids is 1. The normalized spacial score (nSPS) is 22.4. The highest BCUT2D eigenvalue weighted by Gasteiger charge is 2.21. The van der Waals surface area contributed by atoms with Crippen LogP contribution >= 0.6 is 0 Å². The van der Waals surface area contributed by atoms with Gasteiger partial charge in [-0.3, -0.25) is 9.59 Å². The van der Waals surface area contributed by atoms with Crippen LogP contribution in [0.25, 0.3) is 0 Å². The number of carboxylic acid groups (broad SMARTS) is 1. The lowest BCUT2D eigenvalue weighted by Crippen LogP contribution is -2.51. The van der Waals surface area contributed by atoms with Gasteiger partial charge in [0.25, 0.3) is 0 Å². The van der Waals surface area contributed by atoms with Crippen molar-refractivity contribution in [2.75, 3.05) is 26.3 Å². The fourth-order valence-corrected chi connectivity index (χ4v) is 1.39. The molecular formula is C10H18N2O4. The summed E-state index contributed by atoms with van der Waals surface area (Å²) in [7, 11) is 0. The molecule has 0 aromatic rings. The number of nitrogens with one attached hydrogen (secondary N) is 2. The van der Waals surface area contributed by atoms with Crippen molar-refractivity contribution in [1.82, 2.24) is 10.6 Å². The Hall–Kier alpha value is -1.14. The van der Waals surface area contributed by atoms with Crippen molar-refractivity contribution in [3.05, 3.63) is 0 Å². The fourth-order valence-electron chi connectivity index (χ4n) is 1.39. The molecule has 0 spiro atoms. The summed E-state index contributed by atoms with van der Waals surface area (Å²) in [5, 5.41) is 14.4. The van der Waals surface area contributed by atoms with E-state index in [1.165, 1.54) is 0 Å². The Labute approximate surface area is 94.3 Å². The summed E-state index contributed by atoms with van der Waals surface area (Å²) in [5.74, 6) is -1.40. The van der Waals surface area contributed by atoms with Gasteiger partial charge in [0.2, 0.25) is 5.91 Å². The first-order valence-electron chi connectivity index (χ1n) is 5.43. The first-order valence-corrected chi connectivity index (χ1v) is 5.43. The number of aliphatic carboxylic acids is 1. The third-order valence-corrected chi connectivity index (χ3v) is 2.54. The molecule has 0 saturated carbocycles. The Bertz CT molecular complexity index is 251. The molecule has 1 heterocycles. The van der Waals surface area contributed by atoms with Crippen molar-refractivity contribution in [2.45, 2.75) is 19.4 Å². The van der Waals surface area contributed by atoms with Gasteiger partial charge >= 0.3 is 5.97 Å². The van der Waals surface area contributed by atoms with Crippen LogP contribution in [0.4, 0.5) is 0 Å². The highest BCUT2D eigenvalue weighted by atomic mass is 16.5. The highest BCUT2D eigenvalue weighted by Crippen LogP contribution is 2.00. The predicted molar refractivity (Wildman–Crippen MR) is 57.0 cm³/mol. The van der Waals surface area contributed by atoms with Crippen molar-refractivity contribution >= 4 is 11.9 Å². The number of ether oxygens (including phenoxy) is 1. The molecule has 1 aliphatic heterocycles. The Kier molecular flexibility index (Phi) is 5.21. The maximum atomic E-state index is 11.5. The van der Waals surface area contributed by atoms with Gasteiger partial charge in [-0.1, -0.05) is 6.92 Å². The van der Waals surface area contributed by atoms with Gasteiger partial charge in [0.05, 0.1) is 19.1 Å². The fraction of sp³-hybridized carbons (Fsp3) is 0.800. The molecule has 1 fully saturated rings. The molecule has 92 valence electrons. The zero-order valence-corrected chi connectivity index (χ0v) is 9.36. The number of hydrogen-bond donors (Lipinski definition) is 3. The molecule has 0 aliphatic carbocycles. The molecular weight excluding hydrogens is 212 g/mol. The van der Waals surface area contributed by atoms with E-state index in [0.717, 1.165) is 0 Å². The lowest BCUT2D eigenvalue weighted by Gasteiger charge is -2.23. The first-order chi connectivity index (χ1) is 7.61. The van der Waals surface area contributed by atoms with Crippen LogP contribution in [-0.2, 0) is 14.3 Å². The van der Waals surface area contributed by atoms with E-state index in [0.29, 0.717) is 32.7 Å². The Balaban J connectivity index is 2.16. The minimum absolute atomic E-state index is 0.128. The smallest absolute Gasteiger partial charge is 0.306 e. The molecule has 0 aromatic heterocycles. The summed E-state index contributed by atoms with van der Waals surface area (Å²) in [4.78, 5) is 22.1. The minimum atomic E-state index is -0.839. The summed E-state index contributed by atoms with van der Waals surface area (Å²) in [6.45, 7) is 3.67. The quantitative estimate of drug-likeness (QED) is 0.575. The molecule has 1 saturated heterocycles. The van der Waals surface area contributed by atoms with E-state index in [1.54, 1.807) is 6.92 Å². The topological polar surface area (TPSA) is 87.7 Å². The zero-order valence-electron chi connectivity index (χ0n) is 9.36. The molecule has 6 heteroatoms. The SMILES string of the molecule is CC(CCNC(=O)C1COCCN1)C(=O)O. The minimum Gasteiger partial charge on any atom is -0.481 e. The number of carbonyl (C=O) groups excluding carboxylic acids is 1. The molecule has 2 unspecified atom stereocenters. The second kappa shape index (κ2) is 6.44. The Morgan fingerprint density at radius 1 is 1.62 bits per heavy atom. The molecule has 0 radical (unpaired) electrons. The van der Waals surface area contributed by atoms with E-state index in [2.05, 4.69) is 10.6 Å². The summed E-state index contributed by atoms with van der Waals surface area (Å²) in [6, 6.07) is -0.311. The van der Waals surface area contributed by atoms with Crippen molar-refractivity contribution in [2.24, 2.45) is 5.92 Å². The summed E-state index contributed by atoms with van der Waals surface area (Å²) in [5.41, 5.74) is 0. The lowest BCUT2D eigenvalue weighted by atomic mass is 10.1. The van der Waals surface area contributed by atoms with Crippen molar-refractivity contribution < 1.29 is 19.4 Å². The Morgan fingerprint density at radius 2 is 2.38 bits per heavy atom. The van der Waals surface area contributed by atoms with Crippen molar-refractivity contribution in [1.29, 1.82) is 0 Å².